The van der Waals surface area contributed by atoms with Gasteiger partial charge in [0.25, 0.3) is 5.91 Å². The molecule has 0 saturated heterocycles. The van der Waals surface area contributed by atoms with E-state index in [0.29, 0.717) is 25.0 Å². The van der Waals surface area contributed by atoms with E-state index in [1.165, 1.54) is 24.6 Å². The smallest absolute Gasteiger partial charge is 0.255 e. The lowest BCUT2D eigenvalue weighted by Gasteiger charge is -2.18. The van der Waals surface area contributed by atoms with Crippen molar-refractivity contribution < 1.29 is 23.1 Å². The van der Waals surface area contributed by atoms with Gasteiger partial charge in [-0.05, 0) is 25.5 Å². The molecule has 0 unspecified atom stereocenters. The van der Waals surface area contributed by atoms with E-state index in [9.17, 15) is 9.18 Å². The summed E-state index contributed by atoms with van der Waals surface area (Å²) < 4.78 is 30.3. The largest absolute Gasteiger partial charge is 0.478 e. The van der Waals surface area contributed by atoms with Crippen molar-refractivity contribution in [2.24, 2.45) is 0 Å². The van der Waals surface area contributed by atoms with Crippen LogP contribution in [0.25, 0.3) is 11.0 Å². The summed E-state index contributed by atoms with van der Waals surface area (Å²) in [4.78, 5) is 16.6. The molecule has 0 fully saturated rings. The van der Waals surface area contributed by atoms with Crippen molar-refractivity contribution in [1.82, 2.24) is 10.3 Å². The maximum absolute atomic E-state index is 13.9. The number of rotatable bonds is 8. The van der Waals surface area contributed by atoms with Crippen LogP contribution in [0.5, 0.6) is 5.75 Å². The number of ether oxygens (including phenoxy) is 2. The first-order valence-corrected chi connectivity index (χ1v) is 9.83. The third-order valence-electron chi connectivity index (χ3n) is 4.44. The summed E-state index contributed by atoms with van der Waals surface area (Å²) in [5.41, 5.74) is 6.75. The molecule has 0 aliphatic heterocycles. The highest BCUT2D eigenvalue weighted by molar-refractivity contribution is 6.36. The minimum Gasteiger partial charge on any atom is -0.478 e. The Morgan fingerprint density at radius 3 is 2.90 bits per heavy atom. The fourth-order valence-corrected chi connectivity index (χ4v) is 3.61. The van der Waals surface area contributed by atoms with Crippen LogP contribution >= 0.6 is 23.2 Å². The van der Waals surface area contributed by atoms with Crippen molar-refractivity contribution in [2.45, 2.75) is 19.4 Å². The molecule has 3 rings (SSSR count). The molecule has 0 bridgehead atoms. The van der Waals surface area contributed by atoms with E-state index in [1.807, 2.05) is 0 Å². The van der Waals surface area contributed by atoms with Crippen molar-refractivity contribution in [1.29, 1.82) is 0 Å². The molecule has 7 nitrogen and oxygen atoms in total. The minimum absolute atomic E-state index is 0.0411. The molecule has 2 aromatic heterocycles. The van der Waals surface area contributed by atoms with Crippen molar-refractivity contribution in [3.63, 3.8) is 0 Å². The summed E-state index contributed by atoms with van der Waals surface area (Å²) >= 11 is 12.2. The summed E-state index contributed by atoms with van der Waals surface area (Å²) in [6.07, 6.45) is 2.63. The third-order valence-corrected chi connectivity index (χ3v) is 5.15. The van der Waals surface area contributed by atoms with Crippen LogP contribution in [0.3, 0.4) is 0 Å². The normalized spacial score (nSPS) is 12.2. The van der Waals surface area contributed by atoms with Crippen LogP contribution in [0.15, 0.2) is 29.0 Å². The van der Waals surface area contributed by atoms with Crippen LogP contribution in [0.4, 0.5) is 10.2 Å². The number of amides is 1. The molecule has 1 atom stereocenters. The van der Waals surface area contributed by atoms with Crippen molar-refractivity contribution >= 4 is 45.9 Å². The number of hydrogen-bond acceptors (Lipinski definition) is 6. The van der Waals surface area contributed by atoms with Crippen LogP contribution in [0.1, 0.15) is 35.4 Å². The average molecular weight is 456 g/mol. The number of halogens is 3. The number of nitrogens with two attached hydrogens (primary N) is 1. The van der Waals surface area contributed by atoms with E-state index < -0.39 is 11.9 Å². The maximum Gasteiger partial charge on any atom is 0.255 e. The van der Waals surface area contributed by atoms with Gasteiger partial charge in [0.15, 0.2) is 11.4 Å². The number of nitrogens with zero attached hydrogens (tertiary/aromatic N) is 1. The topological polar surface area (TPSA) is 99.6 Å². The molecular weight excluding hydrogens is 436 g/mol. The fourth-order valence-electron chi connectivity index (χ4n) is 2.93. The first-order valence-electron chi connectivity index (χ1n) is 9.08. The Bertz CT molecular complexity index is 1070. The lowest BCUT2D eigenvalue weighted by atomic mass is 10.1. The molecule has 1 aromatic carbocycles. The van der Waals surface area contributed by atoms with Gasteiger partial charge in [0.05, 0.1) is 16.0 Å². The van der Waals surface area contributed by atoms with Crippen LogP contribution < -0.4 is 15.8 Å². The van der Waals surface area contributed by atoms with E-state index in [4.69, 9.17) is 42.8 Å². The Morgan fingerprint density at radius 1 is 1.40 bits per heavy atom. The van der Waals surface area contributed by atoms with Gasteiger partial charge in [-0.1, -0.05) is 23.2 Å². The molecule has 0 aliphatic carbocycles. The molecule has 0 saturated carbocycles. The minimum atomic E-state index is -0.771. The number of methoxy groups -OCH3 is 1. The van der Waals surface area contributed by atoms with Crippen molar-refractivity contribution in [2.75, 3.05) is 26.0 Å². The lowest BCUT2D eigenvalue weighted by molar-refractivity contribution is 0.0949. The SMILES string of the molecule is COCCCNC(=O)c1coc2c(O[C@H](C)c3c(Cl)ccc(F)c3Cl)c(N)ncc12. The number of nitrogen functional groups attached to an aromatic ring is 1. The predicted octanol–water partition coefficient (Wildman–Crippen LogP) is 4.76. The molecule has 3 N–H and O–H groups in total. The second kappa shape index (κ2) is 9.51. The molecule has 3 aromatic rings. The van der Waals surface area contributed by atoms with Crippen LogP contribution in [-0.2, 0) is 4.74 Å². The second-order valence-electron chi connectivity index (χ2n) is 6.48. The van der Waals surface area contributed by atoms with Gasteiger partial charge in [-0.3, -0.25) is 4.79 Å². The zero-order chi connectivity index (χ0) is 21.8. The highest BCUT2D eigenvalue weighted by atomic mass is 35.5. The first-order chi connectivity index (χ1) is 14.3. The third kappa shape index (κ3) is 4.45. The van der Waals surface area contributed by atoms with Gasteiger partial charge >= 0.3 is 0 Å². The monoisotopic (exact) mass is 455 g/mol. The molecule has 0 aliphatic rings. The Kier molecular flexibility index (Phi) is 7.02. The van der Waals surface area contributed by atoms with E-state index >= 15 is 0 Å². The van der Waals surface area contributed by atoms with Gasteiger partial charge < -0.3 is 24.9 Å². The van der Waals surface area contributed by atoms with Crippen LogP contribution in [0.2, 0.25) is 10.0 Å². The molecule has 10 heteroatoms. The highest BCUT2D eigenvalue weighted by Gasteiger charge is 2.24. The number of hydrogen-bond donors (Lipinski definition) is 2. The number of pyridine rings is 1. The Labute approximate surface area is 182 Å². The number of aromatic nitrogens is 1. The number of anilines is 1. The summed E-state index contributed by atoms with van der Waals surface area (Å²) in [6.45, 7) is 2.61. The summed E-state index contributed by atoms with van der Waals surface area (Å²) in [5.74, 6) is -0.804. The zero-order valence-electron chi connectivity index (χ0n) is 16.3. The highest BCUT2D eigenvalue weighted by Crippen LogP contribution is 2.39. The van der Waals surface area contributed by atoms with E-state index in [1.54, 1.807) is 14.0 Å². The number of benzene rings is 1. The van der Waals surface area contributed by atoms with Gasteiger partial charge in [0.1, 0.15) is 18.2 Å². The Hall–Kier alpha value is -2.55. The van der Waals surface area contributed by atoms with Crippen molar-refractivity contribution in [3.8, 4) is 5.75 Å². The van der Waals surface area contributed by atoms with Gasteiger partial charge in [-0.25, -0.2) is 9.37 Å². The molecular formula is C20H20Cl2FN3O4. The second-order valence-corrected chi connectivity index (χ2v) is 7.27. The zero-order valence-corrected chi connectivity index (χ0v) is 17.8. The van der Waals surface area contributed by atoms with Crippen LogP contribution in [0, 0.1) is 5.82 Å². The summed E-state index contributed by atoms with van der Waals surface area (Å²) in [6, 6.07) is 2.56. The number of furan rings is 1. The summed E-state index contributed by atoms with van der Waals surface area (Å²) in [5, 5.41) is 3.29. The predicted molar refractivity (Wildman–Crippen MR) is 113 cm³/mol. The Morgan fingerprint density at radius 2 is 2.17 bits per heavy atom. The van der Waals surface area contributed by atoms with E-state index in [-0.39, 0.29) is 44.2 Å². The standard InChI is InChI=1S/C20H20Cl2FN3O4/c1-10(15-13(21)4-5-14(23)16(15)22)30-18-17-11(8-26-19(18)24)12(9-29-17)20(27)25-6-3-7-28-2/h4-5,8-10H,3,6-7H2,1-2H3,(H2,24,26)(H,25,27)/t10-/m1/s1. The first kappa shape index (κ1) is 22.1. The van der Waals surface area contributed by atoms with Gasteiger partial charge in [-0.15, -0.1) is 0 Å². The number of fused-ring (bicyclic) bond motifs is 1. The Balaban J connectivity index is 1.90. The van der Waals surface area contributed by atoms with E-state index in [0.717, 1.165) is 0 Å². The van der Waals surface area contributed by atoms with Crippen molar-refractivity contribution in [3.05, 3.63) is 51.6 Å². The molecule has 1 amide bonds. The van der Waals surface area contributed by atoms with Crippen LogP contribution in [-0.4, -0.2) is 31.2 Å². The van der Waals surface area contributed by atoms with E-state index in [2.05, 4.69) is 10.3 Å². The molecule has 2 heterocycles. The molecule has 160 valence electrons. The number of carbonyl (C=O) groups excluding carboxylic acids is 1. The lowest BCUT2D eigenvalue weighted by Crippen LogP contribution is -2.24. The quantitative estimate of drug-likeness (QED) is 0.375. The maximum atomic E-state index is 13.9. The summed E-state index contributed by atoms with van der Waals surface area (Å²) in [7, 11) is 1.59. The molecule has 30 heavy (non-hydrogen) atoms. The number of nitrogens with one attached hydrogen (secondary N) is 1. The fraction of sp³-hybridized carbons (Fsp3) is 0.300. The molecule has 0 spiro atoms. The van der Waals surface area contributed by atoms with Gasteiger partial charge in [-0.2, -0.15) is 0 Å². The molecule has 0 radical (unpaired) electrons. The average Bonchev–Trinajstić information content (AvgIpc) is 3.15. The van der Waals surface area contributed by atoms with Gasteiger partial charge in [0.2, 0.25) is 5.75 Å². The van der Waals surface area contributed by atoms with Gasteiger partial charge in [0, 0.05) is 37.0 Å². The number of carbonyl (C=O) groups is 1.